The molecule has 0 atom stereocenters. The van der Waals surface area contributed by atoms with Crippen molar-refractivity contribution in [2.45, 2.75) is 33.9 Å². The van der Waals surface area contributed by atoms with Crippen molar-refractivity contribution >= 4 is 23.2 Å². The monoisotopic (exact) mass is 432 g/mol. The Hall–Kier alpha value is -3.45. The van der Waals surface area contributed by atoms with E-state index in [1.807, 2.05) is 30.5 Å². The van der Waals surface area contributed by atoms with Gasteiger partial charge < -0.3 is 4.74 Å². The van der Waals surface area contributed by atoms with Gasteiger partial charge in [-0.2, -0.15) is 0 Å². The third-order valence-electron chi connectivity index (χ3n) is 5.05. The summed E-state index contributed by atoms with van der Waals surface area (Å²) in [6.45, 7) is 7.17. The fourth-order valence-electron chi connectivity index (χ4n) is 3.08. The third kappa shape index (κ3) is 5.19. The van der Waals surface area contributed by atoms with Crippen LogP contribution >= 0.6 is 11.3 Å². The van der Waals surface area contributed by atoms with Crippen LogP contribution < -0.4 is 10.1 Å². The summed E-state index contributed by atoms with van der Waals surface area (Å²) in [6.07, 6.45) is 1.62. The Balaban J connectivity index is 1.34. The van der Waals surface area contributed by atoms with Gasteiger partial charge in [0.2, 0.25) is 5.95 Å². The Bertz CT molecular complexity index is 1190. The standard InChI is InChI=1S/C24H24N4O2S/c1-16-7-9-19(10-8-16)12-28-15-25-24(27-28)26-23(29)22-11-20(14-31-22)13-30-21-6-4-5-17(2)18(21)3/h4-11,14-15H,12-13H2,1-3H3,(H,26,27,29). The largest absolute Gasteiger partial charge is 0.489 e. The molecule has 0 fully saturated rings. The van der Waals surface area contributed by atoms with Crippen molar-refractivity contribution < 1.29 is 9.53 Å². The first-order chi connectivity index (χ1) is 15.0. The summed E-state index contributed by atoms with van der Waals surface area (Å²) >= 11 is 1.38. The molecule has 0 bridgehead atoms. The second kappa shape index (κ2) is 9.14. The molecule has 2 aromatic carbocycles. The molecule has 0 aliphatic heterocycles. The zero-order valence-electron chi connectivity index (χ0n) is 17.8. The molecule has 0 unspecified atom stereocenters. The molecular weight excluding hydrogens is 408 g/mol. The fourth-order valence-corrected chi connectivity index (χ4v) is 3.88. The first-order valence-electron chi connectivity index (χ1n) is 10.0. The number of carbonyl (C=O) groups excluding carboxylic acids is 1. The number of aryl methyl sites for hydroxylation is 2. The molecule has 1 N–H and O–H groups in total. The number of carbonyl (C=O) groups is 1. The average Bonchev–Trinajstić information content (AvgIpc) is 3.40. The number of benzene rings is 2. The van der Waals surface area contributed by atoms with Crippen LogP contribution in [0.4, 0.5) is 5.95 Å². The van der Waals surface area contributed by atoms with Gasteiger partial charge in [0, 0.05) is 5.56 Å². The minimum atomic E-state index is -0.226. The number of ether oxygens (including phenoxy) is 1. The average molecular weight is 433 g/mol. The number of amides is 1. The van der Waals surface area contributed by atoms with E-state index >= 15 is 0 Å². The molecule has 0 radical (unpaired) electrons. The van der Waals surface area contributed by atoms with Crippen molar-refractivity contribution in [3.63, 3.8) is 0 Å². The molecule has 1 amide bonds. The van der Waals surface area contributed by atoms with Gasteiger partial charge in [-0.05, 0) is 55.0 Å². The number of thiophene rings is 1. The SMILES string of the molecule is Cc1ccc(Cn2cnc(NC(=O)c3cc(COc4cccc(C)c4C)cs3)n2)cc1. The maximum atomic E-state index is 12.6. The summed E-state index contributed by atoms with van der Waals surface area (Å²) in [4.78, 5) is 17.4. The van der Waals surface area contributed by atoms with E-state index in [1.165, 1.54) is 22.5 Å². The van der Waals surface area contributed by atoms with E-state index in [4.69, 9.17) is 4.74 Å². The van der Waals surface area contributed by atoms with Gasteiger partial charge >= 0.3 is 0 Å². The second-order valence-corrected chi connectivity index (χ2v) is 8.42. The molecule has 0 saturated heterocycles. The smallest absolute Gasteiger partial charge is 0.268 e. The molecule has 0 saturated carbocycles. The van der Waals surface area contributed by atoms with E-state index in [2.05, 4.69) is 59.6 Å². The second-order valence-electron chi connectivity index (χ2n) is 7.51. The Morgan fingerprint density at radius 3 is 2.71 bits per heavy atom. The highest BCUT2D eigenvalue weighted by atomic mass is 32.1. The number of aromatic nitrogens is 3. The van der Waals surface area contributed by atoms with Gasteiger partial charge in [0.05, 0.1) is 11.4 Å². The maximum absolute atomic E-state index is 12.6. The topological polar surface area (TPSA) is 69.0 Å². The number of anilines is 1. The van der Waals surface area contributed by atoms with E-state index in [-0.39, 0.29) is 5.91 Å². The molecular formula is C24H24N4O2S. The predicted octanol–water partition coefficient (Wildman–Crippen LogP) is 5.14. The van der Waals surface area contributed by atoms with Crippen LogP contribution in [0.15, 0.2) is 60.2 Å². The van der Waals surface area contributed by atoms with Crippen LogP contribution in [-0.2, 0) is 13.2 Å². The van der Waals surface area contributed by atoms with Crippen LogP contribution in [0, 0.1) is 20.8 Å². The molecule has 0 spiro atoms. The molecule has 6 nitrogen and oxygen atoms in total. The molecule has 7 heteroatoms. The summed E-state index contributed by atoms with van der Waals surface area (Å²) in [5.41, 5.74) is 5.61. The zero-order valence-corrected chi connectivity index (χ0v) is 18.6. The Morgan fingerprint density at radius 1 is 1.10 bits per heavy atom. The molecule has 0 aliphatic carbocycles. The van der Waals surface area contributed by atoms with E-state index in [9.17, 15) is 4.79 Å². The van der Waals surface area contributed by atoms with E-state index in [0.717, 1.165) is 22.4 Å². The quantitative estimate of drug-likeness (QED) is 0.439. The van der Waals surface area contributed by atoms with Gasteiger partial charge in [-0.1, -0.05) is 42.0 Å². The summed E-state index contributed by atoms with van der Waals surface area (Å²) in [5.74, 6) is 0.926. The Kier molecular flexibility index (Phi) is 6.13. The van der Waals surface area contributed by atoms with Gasteiger partial charge in [0.15, 0.2) is 0 Å². The highest BCUT2D eigenvalue weighted by molar-refractivity contribution is 7.12. The van der Waals surface area contributed by atoms with Crippen LogP contribution in [0.2, 0.25) is 0 Å². The van der Waals surface area contributed by atoms with Gasteiger partial charge in [-0.15, -0.1) is 16.4 Å². The minimum absolute atomic E-state index is 0.226. The molecule has 31 heavy (non-hydrogen) atoms. The number of rotatable bonds is 7. The lowest BCUT2D eigenvalue weighted by Crippen LogP contribution is -2.12. The van der Waals surface area contributed by atoms with Crippen LogP contribution in [0.25, 0.3) is 0 Å². The summed E-state index contributed by atoms with van der Waals surface area (Å²) < 4.78 is 7.64. The lowest BCUT2D eigenvalue weighted by molar-refractivity contribution is 0.102. The van der Waals surface area contributed by atoms with Crippen molar-refractivity contribution in [3.8, 4) is 5.75 Å². The van der Waals surface area contributed by atoms with Crippen molar-refractivity contribution in [1.82, 2.24) is 14.8 Å². The maximum Gasteiger partial charge on any atom is 0.268 e. The van der Waals surface area contributed by atoms with Crippen LogP contribution in [-0.4, -0.2) is 20.7 Å². The predicted molar refractivity (Wildman–Crippen MR) is 123 cm³/mol. The van der Waals surface area contributed by atoms with Crippen LogP contribution in [0.5, 0.6) is 5.75 Å². The van der Waals surface area contributed by atoms with Gasteiger partial charge in [0.1, 0.15) is 18.7 Å². The molecule has 0 aliphatic rings. The molecule has 2 aromatic heterocycles. The van der Waals surface area contributed by atoms with Crippen molar-refractivity contribution in [2.24, 2.45) is 0 Å². The number of hydrogen-bond acceptors (Lipinski definition) is 5. The van der Waals surface area contributed by atoms with Crippen molar-refractivity contribution in [3.05, 3.63) is 92.9 Å². The fraction of sp³-hybridized carbons (Fsp3) is 0.208. The van der Waals surface area contributed by atoms with Crippen molar-refractivity contribution in [1.29, 1.82) is 0 Å². The van der Waals surface area contributed by atoms with Crippen LogP contribution in [0.1, 0.15) is 37.5 Å². The van der Waals surface area contributed by atoms with Crippen LogP contribution in [0.3, 0.4) is 0 Å². The molecule has 4 aromatic rings. The highest BCUT2D eigenvalue weighted by Crippen LogP contribution is 2.23. The van der Waals surface area contributed by atoms with E-state index < -0.39 is 0 Å². The summed E-state index contributed by atoms with van der Waals surface area (Å²) in [7, 11) is 0. The molecule has 2 heterocycles. The number of nitrogens with zero attached hydrogens (tertiary/aromatic N) is 3. The first-order valence-corrected chi connectivity index (χ1v) is 10.9. The third-order valence-corrected chi connectivity index (χ3v) is 6.03. The minimum Gasteiger partial charge on any atom is -0.489 e. The first kappa shape index (κ1) is 20.8. The Labute approximate surface area is 185 Å². The van der Waals surface area contributed by atoms with Crippen molar-refractivity contribution in [2.75, 3.05) is 5.32 Å². The zero-order chi connectivity index (χ0) is 21.8. The molecule has 4 rings (SSSR count). The van der Waals surface area contributed by atoms with Gasteiger partial charge in [-0.25, -0.2) is 9.67 Å². The summed E-state index contributed by atoms with van der Waals surface area (Å²) in [5, 5.41) is 9.05. The van der Waals surface area contributed by atoms with E-state index in [0.29, 0.717) is 24.0 Å². The number of nitrogens with one attached hydrogen (secondary N) is 1. The number of hydrogen-bond donors (Lipinski definition) is 1. The van der Waals surface area contributed by atoms with Gasteiger partial charge in [0.25, 0.3) is 5.91 Å². The normalized spacial score (nSPS) is 10.8. The van der Waals surface area contributed by atoms with Gasteiger partial charge in [-0.3, -0.25) is 10.1 Å². The summed E-state index contributed by atoms with van der Waals surface area (Å²) in [6, 6.07) is 16.1. The lowest BCUT2D eigenvalue weighted by Gasteiger charge is -2.09. The van der Waals surface area contributed by atoms with E-state index in [1.54, 1.807) is 11.0 Å². The Morgan fingerprint density at radius 2 is 1.90 bits per heavy atom. The highest BCUT2D eigenvalue weighted by Gasteiger charge is 2.13. The molecule has 158 valence electrons. The lowest BCUT2D eigenvalue weighted by atomic mass is 10.1.